The largest absolute Gasteiger partial charge is 4.00 e. The fraction of sp³-hybridized carbons (Fsp3) is 0.207. The summed E-state index contributed by atoms with van der Waals surface area (Å²) in [6.45, 7) is 7.07. The first-order valence-corrected chi connectivity index (χ1v) is 10.4. The zero-order valence-electron chi connectivity index (χ0n) is 19.2. The third-order valence-corrected chi connectivity index (χ3v) is 6.04. The monoisotopic (exact) mass is 530 g/mol. The van der Waals surface area contributed by atoms with E-state index in [1.54, 1.807) is 0 Å². The van der Waals surface area contributed by atoms with Crippen LogP contribution in [0.2, 0.25) is 0 Å². The zero-order chi connectivity index (χ0) is 20.3. The van der Waals surface area contributed by atoms with Crippen molar-refractivity contribution in [2.24, 2.45) is 5.41 Å². The van der Waals surface area contributed by atoms with Crippen LogP contribution in [-0.2, 0) is 33.6 Å². The van der Waals surface area contributed by atoms with Gasteiger partial charge in [0.2, 0.25) is 0 Å². The quantitative estimate of drug-likeness (QED) is 0.215. The van der Waals surface area contributed by atoms with E-state index in [0.717, 1.165) is 6.42 Å². The first-order valence-electron chi connectivity index (χ1n) is 10.4. The molecule has 0 saturated carbocycles. The summed E-state index contributed by atoms with van der Waals surface area (Å²) >= 11 is 0. The van der Waals surface area contributed by atoms with Crippen LogP contribution in [-0.4, -0.2) is 0 Å². The summed E-state index contributed by atoms with van der Waals surface area (Å²) in [5, 5.41) is 0. The van der Waals surface area contributed by atoms with Crippen molar-refractivity contribution in [2.75, 3.05) is 0 Å². The van der Waals surface area contributed by atoms with Crippen molar-refractivity contribution in [3.8, 4) is 0 Å². The van der Waals surface area contributed by atoms with Crippen LogP contribution in [0.1, 0.15) is 48.6 Å². The number of hydrogen-bond acceptors (Lipinski definition) is 0. The Bertz CT molecular complexity index is 1010. The summed E-state index contributed by atoms with van der Waals surface area (Å²) in [4.78, 5) is 0. The average Bonchev–Trinajstić information content (AvgIpc) is 3.18. The molecule has 0 atom stereocenters. The van der Waals surface area contributed by atoms with E-state index in [0.29, 0.717) is 0 Å². The average molecular weight is 532 g/mol. The molecule has 0 heterocycles. The van der Waals surface area contributed by atoms with E-state index in [1.165, 1.54) is 27.8 Å². The summed E-state index contributed by atoms with van der Waals surface area (Å²) in [6, 6.07) is 39.7. The topological polar surface area (TPSA) is 0 Å². The minimum absolute atomic E-state index is 0. The minimum atomic E-state index is -0.218. The molecule has 0 aliphatic heterocycles. The van der Waals surface area contributed by atoms with Crippen molar-refractivity contribution >= 4 is 0 Å². The van der Waals surface area contributed by atoms with E-state index < -0.39 is 0 Å². The summed E-state index contributed by atoms with van der Waals surface area (Å²) in [5.41, 5.74) is 6.55. The van der Waals surface area contributed by atoms with Crippen LogP contribution in [0.3, 0.4) is 0 Å². The second-order valence-corrected chi connectivity index (χ2v) is 8.90. The first-order chi connectivity index (χ1) is 14.0. The molecular formula is C29H29Cl3Ti. The van der Waals surface area contributed by atoms with E-state index >= 15 is 0 Å². The number of benzene rings is 3. The molecule has 0 saturated heterocycles. The predicted octanol–water partition coefficient (Wildman–Crippen LogP) is -1.61. The summed E-state index contributed by atoms with van der Waals surface area (Å²) in [7, 11) is 0. The molecule has 0 unspecified atom stereocenters. The smallest absolute Gasteiger partial charge is 1.00 e. The molecule has 0 N–H and O–H groups in total. The van der Waals surface area contributed by atoms with Crippen LogP contribution in [0.15, 0.2) is 109 Å². The second-order valence-electron chi connectivity index (χ2n) is 8.90. The third-order valence-electron chi connectivity index (χ3n) is 6.04. The molecular weight excluding hydrogens is 503 g/mol. The van der Waals surface area contributed by atoms with Crippen LogP contribution in [0.25, 0.3) is 0 Å². The molecule has 0 spiro atoms. The molecule has 170 valence electrons. The Morgan fingerprint density at radius 2 is 1.00 bits per heavy atom. The molecule has 4 heteroatoms. The van der Waals surface area contributed by atoms with Gasteiger partial charge in [-0.15, -0.1) is 5.56 Å². The first kappa shape index (κ1) is 31.6. The van der Waals surface area contributed by atoms with Crippen molar-refractivity contribution in [2.45, 2.75) is 32.6 Å². The van der Waals surface area contributed by atoms with Gasteiger partial charge in [0, 0.05) is 5.41 Å². The molecule has 0 aliphatic rings. The maximum atomic E-state index is 2.41. The zero-order valence-corrected chi connectivity index (χ0v) is 23.1. The van der Waals surface area contributed by atoms with E-state index in [1.807, 2.05) is 0 Å². The van der Waals surface area contributed by atoms with Gasteiger partial charge in [-0.25, -0.2) is 6.07 Å². The Hall–Kier alpha value is -1.41. The minimum Gasteiger partial charge on any atom is -1.00 e. The van der Waals surface area contributed by atoms with Crippen molar-refractivity contribution in [1.82, 2.24) is 0 Å². The normalized spacial score (nSPS) is 10.6. The molecule has 4 aromatic rings. The summed E-state index contributed by atoms with van der Waals surface area (Å²) < 4.78 is 0. The van der Waals surface area contributed by atoms with Gasteiger partial charge in [0.25, 0.3) is 0 Å². The van der Waals surface area contributed by atoms with Gasteiger partial charge in [-0.3, -0.25) is 0 Å². The van der Waals surface area contributed by atoms with Crippen LogP contribution in [0.5, 0.6) is 0 Å². The second kappa shape index (κ2) is 13.5. The number of halogens is 3. The molecule has 4 aromatic carbocycles. The van der Waals surface area contributed by atoms with Gasteiger partial charge in [-0.05, 0) is 16.5 Å². The fourth-order valence-corrected chi connectivity index (χ4v) is 4.84. The third kappa shape index (κ3) is 6.38. The molecule has 0 aromatic heterocycles. The van der Waals surface area contributed by atoms with E-state index in [4.69, 9.17) is 0 Å². The molecule has 0 amide bonds. The van der Waals surface area contributed by atoms with Gasteiger partial charge in [0.15, 0.2) is 0 Å². The summed E-state index contributed by atoms with van der Waals surface area (Å²) in [6.07, 6.45) is 0.963. The number of rotatable bonds is 5. The van der Waals surface area contributed by atoms with Crippen molar-refractivity contribution in [1.29, 1.82) is 0 Å². The predicted molar refractivity (Wildman–Crippen MR) is 124 cm³/mol. The van der Waals surface area contributed by atoms with E-state index in [9.17, 15) is 0 Å². The Balaban J connectivity index is 0.00000256. The number of hydrogen-bond donors (Lipinski definition) is 0. The molecule has 4 rings (SSSR count). The van der Waals surface area contributed by atoms with E-state index in [-0.39, 0.29) is 69.8 Å². The summed E-state index contributed by atoms with van der Waals surface area (Å²) in [5.74, 6) is 0. The van der Waals surface area contributed by atoms with Crippen molar-refractivity contribution in [3.05, 3.63) is 137 Å². The van der Waals surface area contributed by atoms with Crippen LogP contribution < -0.4 is 37.2 Å². The van der Waals surface area contributed by atoms with Crippen molar-refractivity contribution < 1.29 is 58.9 Å². The van der Waals surface area contributed by atoms with Gasteiger partial charge in [0.1, 0.15) is 0 Å². The Labute approximate surface area is 232 Å². The standard InChI is InChI=1S/C29H29.3ClH.Ti/c1-28(2,3)29(25-15-9-5-10-16-25,26-17-11-6-12-18-26)27-20-19-24(22-27)21-23-13-7-4-8-14-23;;;;/h4-20,22H,21H2,1-3H3;3*1H;/q-1;;;;+4/p-3. The van der Waals surface area contributed by atoms with Gasteiger partial charge >= 0.3 is 21.7 Å². The maximum absolute atomic E-state index is 2.41. The Morgan fingerprint density at radius 1 is 0.576 bits per heavy atom. The molecule has 0 fully saturated rings. The van der Waals surface area contributed by atoms with Crippen LogP contribution in [0, 0.1) is 5.41 Å². The Kier molecular flexibility index (Phi) is 12.9. The van der Waals surface area contributed by atoms with Crippen molar-refractivity contribution in [3.63, 3.8) is 0 Å². The SMILES string of the molecule is CC(C)(C)C(c1ccccc1)(c1ccccc1)[c-]1ccc(Cc2ccccc2)c1.[Cl-].[Cl-].[Cl-].[Ti+4]. The van der Waals surface area contributed by atoms with Gasteiger partial charge in [-0.2, -0.15) is 17.7 Å². The van der Waals surface area contributed by atoms with Gasteiger partial charge in [-0.1, -0.05) is 124 Å². The van der Waals surface area contributed by atoms with Crippen LogP contribution >= 0.6 is 0 Å². The molecule has 33 heavy (non-hydrogen) atoms. The Morgan fingerprint density at radius 3 is 1.42 bits per heavy atom. The van der Waals surface area contributed by atoms with Gasteiger partial charge < -0.3 is 37.2 Å². The van der Waals surface area contributed by atoms with Crippen LogP contribution in [0.4, 0.5) is 0 Å². The van der Waals surface area contributed by atoms with E-state index in [2.05, 4.69) is 130 Å². The molecule has 0 bridgehead atoms. The van der Waals surface area contributed by atoms with Gasteiger partial charge in [0.05, 0.1) is 0 Å². The molecule has 0 aliphatic carbocycles. The molecule has 0 nitrogen and oxygen atoms in total. The molecule has 0 radical (unpaired) electrons. The fourth-order valence-electron chi connectivity index (χ4n) is 4.84. The maximum Gasteiger partial charge on any atom is 4.00 e.